The molecule has 0 N–H and O–H groups in total. The minimum Gasteiger partial charge on any atom is -0.368 e. The van der Waals surface area contributed by atoms with Crippen molar-refractivity contribution in [1.82, 2.24) is 9.88 Å². The quantitative estimate of drug-likeness (QED) is 0.530. The molecule has 7 heteroatoms. The Kier molecular flexibility index (Phi) is 5.01. The number of fused-ring (bicyclic) bond motifs is 3. The monoisotopic (exact) mass is 466 g/mol. The molecule has 0 radical (unpaired) electrons. The zero-order chi connectivity index (χ0) is 21.8. The highest BCUT2D eigenvalue weighted by molar-refractivity contribution is 6.44. The van der Waals surface area contributed by atoms with E-state index in [4.69, 9.17) is 23.2 Å². The van der Waals surface area contributed by atoms with Crippen molar-refractivity contribution in [2.45, 2.75) is 25.3 Å². The second kappa shape index (κ2) is 7.91. The molecule has 5 nitrogen and oxygen atoms in total. The van der Waals surface area contributed by atoms with Crippen LogP contribution < -0.4 is 9.80 Å². The first-order valence-corrected chi connectivity index (χ1v) is 12.0. The van der Waals surface area contributed by atoms with Crippen molar-refractivity contribution in [3.63, 3.8) is 0 Å². The van der Waals surface area contributed by atoms with E-state index in [0.29, 0.717) is 28.2 Å². The number of amides is 1. The van der Waals surface area contributed by atoms with E-state index >= 15 is 0 Å². The number of halogens is 2. The lowest BCUT2D eigenvalue weighted by Crippen LogP contribution is -2.50. The molecule has 0 unspecified atom stereocenters. The molecule has 4 heterocycles. The van der Waals surface area contributed by atoms with Crippen LogP contribution in [-0.2, 0) is 6.42 Å². The van der Waals surface area contributed by atoms with Gasteiger partial charge >= 0.3 is 0 Å². The molecule has 1 aromatic heterocycles. The van der Waals surface area contributed by atoms with Gasteiger partial charge < -0.3 is 9.80 Å². The Balaban J connectivity index is 1.39. The minimum absolute atomic E-state index is 0.111. The standard InChI is InChI=1S/C25H24Cl2N4O/c26-20-5-1-4-18(24(20)27)25(32)31-10-7-16-13-21-19(14-23(16)31)22(6-8-28-21)30-12-11-29-9-2-3-17(29)15-30/h1,4-6,8,13-14,17H,2-3,7,9-12,15H2/t17-/m0/s1. The van der Waals surface area contributed by atoms with Crippen molar-refractivity contribution in [2.75, 3.05) is 42.5 Å². The molecule has 164 valence electrons. The van der Waals surface area contributed by atoms with Crippen molar-refractivity contribution in [2.24, 2.45) is 0 Å². The number of nitrogens with zero attached hydrogens (tertiary/aromatic N) is 4. The normalized spacial score (nSPS) is 20.6. The molecule has 2 fully saturated rings. The lowest BCUT2D eigenvalue weighted by atomic mass is 10.1. The Bertz CT molecular complexity index is 1230. The highest BCUT2D eigenvalue weighted by Gasteiger charge is 2.32. The van der Waals surface area contributed by atoms with E-state index in [2.05, 4.69) is 33.0 Å². The first-order chi connectivity index (χ1) is 15.6. The molecule has 3 aromatic rings. The maximum Gasteiger partial charge on any atom is 0.259 e. The van der Waals surface area contributed by atoms with Crippen molar-refractivity contribution < 1.29 is 4.79 Å². The molecule has 0 aliphatic carbocycles. The average molecular weight is 467 g/mol. The van der Waals surface area contributed by atoms with Gasteiger partial charge in [0.1, 0.15) is 0 Å². The summed E-state index contributed by atoms with van der Waals surface area (Å²) in [5.41, 5.74) is 4.74. The maximum absolute atomic E-state index is 13.4. The number of hydrogen-bond donors (Lipinski definition) is 0. The summed E-state index contributed by atoms with van der Waals surface area (Å²) in [5.74, 6) is -0.111. The van der Waals surface area contributed by atoms with Gasteiger partial charge in [-0.25, -0.2) is 0 Å². The number of benzene rings is 2. The highest BCUT2D eigenvalue weighted by atomic mass is 35.5. The topological polar surface area (TPSA) is 39.7 Å². The van der Waals surface area contributed by atoms with E-state index in [1.807, 2.05) is 11.1 Å². The van der Waals surface area contributed by atoms with Gasteiger partial charge in [0, 0.05) is 55.2 Å². The van der Waals surface area contributed by atoms with Crippen molar-refractivity contribution in [3.8, 4) is 0 Å². The maximum atomic E-state index is 13.4. The average Bonchev–Trinajstić information content (AvgIpc) is 3.44. The molecule has 2 saturated heterocycles. The predicted octanol–water partition coefficient (Wildman–Crippen LogP) is 5.03. The van der Waals surface area contributed by atoms with E-state index < -0.39 is 0 Å². The van der Waals surface area contributed by atoms with Gasteiger partial charge in [0.25, 0.3) is 5.91 Å². The summed E-state index contributed by atoms with van der Waals surface area (Å²) >= 11 is 12.5. The second-order valence-corrected chi connectivity index (χ2v) is 9.70. The number of pyridine rings is 1. The van der Waals surface area contributed by atoms with E-state index in [1.165, 1.54) is 25.1 Å². The van der Waals surface area contributed by atoms with E-state index in [-0.39, 0.29) is 5.91 Å². The molecular weight excluding hydrogens is 443 g/mol. The summed E-state index contributed by atoms with van der Waals surface area (Å²) in [6, 6.07) is 12.3. The van der Waals surface area contributed by atoms with Crippen LogP contribution >= 0.6 is 23.2 Å². The zero-order valence-electron chi connectivity index (χ0n) is 17.7. The van der Waals surface area contributed by atoms with Crippen LogP contribution in [0.3, 0.4) is 0 Å². The van der Waals surface area contributed by atoms with Crippen LogP contribution in [0.15, 0.2) is 42.6 Å². The summed E-state index contributed by atoms with van der Waals surface area (Å²) in [4.78, 5) is 25.0. The van der Waals surface area contributed by atoms with Crippen LogP contribution in [0, 0.1) is 0 Å². The minimum atomic E-state index is -0.111. The number of hydrogen-bond acceptors (Lipinski definition) is 4. The van der Waals surface area contributed by atoms with Gasteiger partial charge in [0.15, 0.2) is 0 Å². The lowest BCUT2D eigenvalue weighted by molar-refractivity contribution is 0.0989. The van der Waals surface area contributed by atoms with Gasteiger partial charge in [0.05, 0.1) is 21.1 Å². The van der Waals surface area contributed by atoms with Crippen LogP contribution in [0.2, 0.25) is 10.0 Å². The van der Waals surface area contributed by atoms with Gasteiger partial charge in [0.2, 0.25) is 0 Å². The van der Waals surface area contributed by atoms with Crippen LogP contribution in [0.5, 0.6) is 0 Å². The Morgan fingerprint density at radius 1 is 1.03 bits per heavy atom. The number of aromatic nitrogens is 1. The smallest absolute Gasteiger partial charge is 0.259 e. The molecule has 32 heavy (non-hydrogen) atoms. The summed E-state index contributed by atoms with van der Waals surface area (Å²) in [5, 5.41) is 1.81. The fourth-order valence-electron chi connectivity index (χ4n) is 5.53. The Morgan fingerprint density at radius 3 is 2.84 bits per heavy atom. The predicted molar refractivity (Wildman–Crippen MR) is 130 cm³/mol. The Hall–Kier alpha value is -2.34. The third kappa shape index (κ3) is 3.26. The number of piperazine rings is 1. The molecule has 1 atom stereocenters. The molecule has 1 amide bonds. The molecule has 2 aromatic carbocycles. The molecule has 3 aliphatic heterocycles. The third-order valence-corrected chi connectivity index (χ3v) is 7.99. The van der Waals surface area contributed by atoms with Crippen LogP contribution in [0.1, 0.15) is 28.8 Å². The van der Waals surface area contributed by atoms with Crippen molar-refractivity contribution >= 4 is 51.4 Å². The number of rotatable bonds is 2. The fourth-order valence-corrected chi connectivity index (χ4v) is 5.91. The van der Waals surface area contributed by atoms with Gasteiger partial charge in [-0.3, -0.25) is 14.7 Å². The van der Waals surface area contributed by atoms with Crippen molar-refractivity contribution in [3.05, 3.63) is 63.8 Å². The zero-order valence-corrected chi connectivity index (χ0v) is 19.2. The van der Waals surface area contributed by atoms with Gasteiger partial charge in [-0.2, -0.15) is 0 Å². The summed E-state index contributed by atoms with van der Waals surface area (Å²) in [7, 11) is 0. The van der Waals surface area contributed by atoms with Crippen LogP contribution in [-0.4, -0.2) is 54.6 Å². The van der Waals surface area contributed by atoms with E-state index in [1.54, 1.807) is 18.2 Å². The number of anilines is 2. The fraction of sp³-hybridized carbons (Fsp3) is 0.360. The van der Waals surface area contributed by atoms with Gasteiger partial charge in [-0.15, -0.1) is 0 Å². The SMILES string of the molecule is O=C(c1cccc(Cl)c1Cl)N1CCc2cc3nccc(N4CCN5CCC[C@H]5C4)c3cc21. The van der Waals surface area contributed by atoms with E-state index in [0.717, 1.165) is 48.2 Å². The Morgan fingerprint density at radius 2 is 1.94 bits per heavy atom. The number of carbonyl (C=O) groups excluding carboxylic acids is 1. The lowest BCUT2D eigenvalue weighted by Gasteiger charge is -2.39. The first kappa shape index (κ1) is 20.3. The molecule has 0 spiro atoms. The van der Waals surface area contributed by atoms with Gasteiger partial charge in [-0.05, 0) is 61.7 Å². The molecule has 3 aliphatic rings. The van der Waals surface area contributed by atoms with E-state index in [9.17, 15) is 4.79 Å². The van der Waals surface area contributed by atoms with Crippen LogP contribution in [0.25, 0.3) is 10.9 Å². The Labute approximate surface area is 197 Å². The van der Waals surface area contributed by atoms with Crippen LogP contribution in [0.4, 0.5) is 11.4 Å². The molecule has 6 rings (SSSR count). The van der Waals surface area contributed by atoms with Crippen molar-refractivity contribution in [1.29, 1.82) is 0 Å². The van der Waals surface area contributed by atoms with Gasteiger partial charge in [-0.1, -0.05) is 29.3 Å². The largest absolute Gasteiger partial charge is 0.368 e. The summed E-state index contributed by atoms with van der Waals surface area (Å²) in [6.07, 6.45) is 5.29. The third-order valence-electron chi connectivity index (χ3n) is 7.17. The highest BCUT2D eigenvalue weighted by Crippen LogP contribution is 2.38. The first-order valence-electron chi connectivity index (χ1n) is 11.3. The molecule has 0 saturated carbocycles. The summed E-state index contributed by atoms with van der Waals surface area (Å²) in [6.45, 7) is 5.04. The molecule has 0 bridgehead atoms. The molecular formula is C25H24Cl2N4O. The summed E-state index contributed by atoms with van der Waals surface area (Å²) < 4.78 is 0. The number of carbonyl (C=O) groups is 1. The second-order valence-electron chi connectivity index (χ2n) is 8.91.